The number of carbonyl (C=O) groups excluding carboxylic acids is 1. The summed E-state index contributed by atoms with van der Waals surface area (Å²) in [4.78, 5) is 11.8. The summed E-state index contributed by atoms with van der Waals surface area (Å²) in [6.45, 7) is 0.336. The molecule has 1 saturated heterocycles. The number of halogens is 1. The van der Waals surface area contributed by atoms with Crippen molar-refractivity contribution in [2.75, 3.05) is 6.54 Å². The van der Waals surface area contributed by atoms with Crippen LogP contribution in [0.2, 0.25) is 5.02 Å². The molecule has 0 aliphatic carbocycles. The number of nitrogens with one attached hydrogen (secondary N) is 1. The number of hydrogen-bond acceptors (Lipinski definition) is 4. The molecular formula is C14H14ClN3O3S. The Morgan fingerprint density at radius 2 is 1.86 bits per heavy atom. The summed E-state index contributed by atoms with van der Waals surface area (Å²) >= 11 is 5.91. The summed E-state index contributed by atoms with van der Waals surface area (Å²) in [7, 11) is -3.79. The summed E-state index contributed by atoms with van der Waals surface area (Å²) in [5.41, 5.74) is 0. The zero-order valence-corrected chi connectivity index (χ0v) is 13.1. The van der Waals surface area contributed by atoms with E-state index in [1.165, 1.54) is 6.07 Å². The van der Waals surface area contributed by atoms with Gasteiger partial charge in [0, 0.05) is 11.6 Å². The van der Waals surface area contributed by atoms with E-state index in [4.69, 9.17) is 17.4 Å². The number of carbonyl (C=O) groups is 1. The number of amides is 1. The summed E-state index contributed by atoms with van der Waals surface area (Å²) in [5, 5.41) is 3.21. The van der Waals surface area contributed by atoms with Crippen LogP contribution in [0, 0.1) is 0 Å². The van der Waals surface area contributed by atoms with Gasteiger partial charge in [-0.15, -0.1) is 0 Å². The minimum absolute atomic E-state index is 0.102. The van der Waals surface area contributed by atoms with Gasteiger partial charge in [-0.1, -0.05) is 23.7 Å². The number of fused-ring (bicyclic) bond motifs is 1. The molecule has 0 radical (unpaired) electrons. The lowest BCUT2D eigenvalue weighted by Crippen LogP contribution is -2.43. The second-order valence-corrected chi connectivity index (χ2v) is 7.30. The molecule has 22 heavy (non-hydrogen) atoms. The first-order valence-corrected chi connectivity index (χ1v) is 8.51. The molecule has 2 aromatic carbocycles. The quantitative estimate of drug-likeness (QED) is 0.650. The number of hydrazine groups is 1. The van der Waals surface area contributed by atoms with Crippen molar-refractivity contribution in [2.45, 2.75) is 17.4 Å². The highest BCUT2D eigenvalue weighted by Gasteiger charge is 2.33. The maximum atomic E-state index is 12.4. The van der Waals surface area contributed by atoms with Crippen molar-refractivity contribution in [1.82, 2.24) is 9.73 Å². The molecule has 0 bridgehead atoms. The molecule has 2 aromatic rings. The zero-order chi connectivity index (χ0) is 15.9. The van der Waals surface area contributed by atoms with E-state index >= 15 is 0 Å². The average molecular weight is 340 g/mol. The van der Waals surface area contributed by atoms with Crippen LogP contribution in [-0.4, -0.2) is 31.9 Å². The number of sulfonamides is 1. The minimum atomic E-state index is -3.79. The van der Waals surface area contributed by atoms with Crippen LogP contribution in [0.5, 0.6) is 0 Å². The van der Waals surface area contributed by atoms with E-state index in [1.807, 2.05) is 0 Å². The predicted octanol–water partition coefficient (Wildman–Crippen LogP) is 1.25. The van der Waals surface area contributed by atoms with Gasteiger partial charge in [-0.3, -0.25) is 9.80 Å². The van der Waals surface area contributed by atoms with Crippen LogP contribution in [0.4, 0.5) is 0 Å². The second kappa shape index (κ2) is 5.51. The third-order valence-corrected chi connectivity index (χ3v) is 5.33. The number of nitrogens with two attached hydrogens (primary N) is 1. The lowest BCUT2D eigenvalue weighted by molar-refractivity contribution is -0.129. The first-order chi connectivity index (χ1) is 10.4. The molecule has 1 aliphatic heterocycles. The van der Waals surface area contributed by atoms with E-state index in [-0.39, 0.29) is 4.90 Å². The van der Waals surface area contributed by atoms with Crippen molar-refractivity contribution in [3.63, 3.8) is 0 Å². The molecule has 0 saturated carbocycles. The standard InChI is InChI=1S/C14H14ClN3O3S/c15-11-3-1-10-8-12(4-2-9(10)7-11)22(20,21)17-13-5-6-18(16)14(13)19/h1-4,7-8,13,17H,5-6,16H2/t13-/m0/s1. The Bertz CT molecular complexity index is 854. The number of rotatable bonds is 3. The molecule has 1 amide bonds. The highest BCUT2D eigenvalue weighted by atomic mass is 35.5. The monoisotopic (exact) mass is 339 g/mol. The molecule has 0 unspecified atom stereocenters. The zero-order valence-electron chi connectivity index (χ0n) is 11.5. The van der Waals surface area contributed by atoms with E-state index < -0.39 is 22.0 Å². The Labute approximate surface area is 132 Å². The fraction of sp³-hybridized carbons (Fsp3) is 0.214. The molecule has 6 nitrogen and oxygen atoms in total. The third kappa shape index (κ3) is 2.80. The van der Waals surface area contributed by atoms with E-state index in [2.05, 4.69) is 4.72 Å². The van der Waals surface area contributed by atoms with Gasteiger partial charge in [-0.2, -0.15) is 4.72 Å². The highest BCUT2D eigenvalue weighted by molar-refractivity contribution is 7.89. The molecule has 0 aromatic heterocycles. The summed E-state index contributed by atoms with van der Waals surface area (Å²) in [6, 6.07) is 9.11. The molecule has 3 rings (SSSR count). The van der Waals surface area contributed by atoms with Crippen molar-refractivity contribution in [1.29, 1.82) is 0 Å². The highest BCUT2D eigenvalue weighted by Crippen LogP contribution is 2.23. The molecule has 3 N–H and O–H groups in total. The van der Waals surface area contributed by atoms with Gasteiger partial charge in [-0.25, -0.2) is 14.3 Å². The van der Waals surface area contributed by atoms with Gasteiger partial charge in [0.25, 0.3) is 5.91 Å². The summed E-state index contributed by atoms with van der Waals surface area (Å²) in [5.74, 6) is 5.03. The molecule has 1 fully saturated rings. The molecule has 1 atom stereocenters. The van der Waals surface area contributed by atoms with Crippen molar-refractivity contribution in [2.24, 2.45) is 5.84 Å². The van der Waals surface area contributed by atoms with E-state index in [0.29, 0.717) is 18.0 Å². The maximum absolute atomic E-state index is 12.4. The topological polar surface area (TPSA) is 92.5 Å². The SMILES string of the molecule is NN1CC[C@H](NS(=O)(=O)c2ccc3cc(Cl)ccc3c2)C1=O. The number of benzene rings is 2. The van der Waals surface area contributed by atoms with E-state index in [0.717, 1.165) is 15.8 Å². The Morgan fingerprint density at radius 3 is 2.55 bits per heavy atom. The van der Waals surface area contributed by atoms with Gasteiger partial charge in [0.2, 0.25) is 10.0 Å². The van der Waals surface area contributed by atoms with Crippen LogP contribution in [0.25, 0.3) is 10.8 Å². The van der Waals surface area contributed by atoms with Crippen LogP contribution in [0.1, 0.15) is 6.42 Å². The van der Waals surface area contributed by atoms with E-state index in [1.54, 1.807) is 30.3 Å². The Kier molecular flexibility index (Phi) is 3.82. The molecule has 0 spiro atoms. The normalized spacial score (nSPS) is 19.1. The molecule has 116 valence electrons. The lowest BCUT2D eigenvalue weighted by Gasteiger charge is -2.13. The van der Waals surface area contributed by atoms with Crippen LogP contribution in [0.15, 0.2) is 41.3 Å². The van der Waals surface area contributed by atoms with Crippen LogP contribution >= 0.6 is 11.6 Å². The molecule has 8 heteroatoms. The minimum Gasteiger partial charge on any atom is -0.279 e. The average Bonchev–Trinajstić information content (AvgIpc) is 2.78. The van der Waals surface area contributed by atoms with Crippen molar-refractivity contribution in [3.05, 3.63) is 41.4 Å². The third-order valence-electron chi connectivity index (χ3n) is 3.62. The number of hydrogen-bond donors (Lipinski definition) is 2. The largest absolute Gasteiger partial charge is 0.279 e. The van der Waals surface area contributed by atoms with Crippen LogP contribution in [0.3, 0.4) is 0 Å². The lowest BCUT2D eigenvalue weighted by atomic mass is 10.1. The van der Waals surface area contributed by atoms with Gasteiger partial charge in [-0.05, 0) is 41.5 Å². The van der Waals surface area contributed by atoms with Gasteiger partial charge >= 0.3 is 0 Å². The van der Waals surface area contributed by atoms with Crippen molar-refractivity contribution < 1.29 is 13.2 Å². The molecular weight excluding hydrogens is 326 g/mol. The maximum Gasteiger partial charge on any atom is 0.254 e. The van der Waals surface area contributed by atoms with Crippen molar-refractivity contribution >= 4 is 38.3 Å². The fourth-order valence-electron chi connectivity index (χ4n) is 2.43. The second-order valence-electron chi connectivity index (χ2n) is 5.15. The Balaban J connectivity index is 1.92. The predicted molar refractivity (Wildman–Crippen MR) is 83.6 cm³/mol. The van der Waals surface area contributed by atoms with Crippen LogP contribution in [-0.2, 0) is 14.8 Å². The van der Waals surface area contributed by atoms with Crippen molar-refractivity contribution in [3.8, 4) is 0 Å². The van der Waals surface area contributed by atoms with Gasteiger partial charge in [0.15, 0.2) is 0 Å². The molecule has 1 heterocycles. The molecule has 1 aliphatic rings. The number of nitrogens with zero attached hydrogens (tertiary/aromatic N) is 1. The first kappa shape index (κ1) is 15.2. The Morgan fingerprint density at radius 1 is 1.18 bits per heavy atom. The van der Waals surface area contributed by atoms with E-state index in [9.17, 15) is 13.2 Å². The van der Waals surface area contributed by atoms with Gasteiger partial charge in [0.1, 0.15) is 6.04 Å². The summed E-state index contributed by atoms with van der Waals surface area (Å²) in [6.07, 6.45) is 0.359. The summed E-state index contributed by atoms with van der Waals surface area (Å²) < 4.78 is 27.2. The van der Waals surface area contributed by atoms with Gasteiger partial charge in [0.05, 0.1) is 4.90 Å². The van der Waals surface area contributed by atoms with Crippen LogP contribution < -0.4 is 10.6 Å². The van der Waals surface area contributed by atoms with Gasteiger partial charge < -0.3 is 0 Å². The first-order valence-electron chi connectivity index (χ1n) is 6.64. The Hall–Kier alpha value is -1.67. The fourth-order valence-corrected chi connectivity index (χ4v) is 3.87. The smallest absolute Gasteiger partial charge is 0.254 e.